The molecule has 2 N–H and O–H groups in total. The molecule has 1 aromatic heterocycles. The molecule has 4 heteroatoms. The van der Waals surface area contributed by atoms with E-state index in [0.29, 0.717) is 11.4 Å². The van der Waals surface area contributed by atoms with E-state index in [2.05, 4.69) is 5.10 Å². The molecule has 0 aliphatic carbocycles. The van der Waals surface area contributed by atoms with Crippen LogP contribution in [0.2, 0.25) is 0 Å². The van der Waals surface area contributed by atoms with Gasteiger partial charge in [0, 0.05) is 18.7 Å². The van der Waals surface area contributed by atoms with Crippen molar-refractivity contribution in [1.29, 1.82) is 0 Å². The molecule has 2 aromatic rings. The van der Waals surface area contributed by atoms with Crippen molar-refractivity contribution in [2.75, 3.05) is 5.73 Å². The van der Waals surface area contributed by atoms with Crippen molar-refractivity contribution in [3.63, 3.8) is 0 Å². The molecule has 0 aliphatic rings. The molecular weight excluding hydrogens is 205 g/mol. The van der Waals surface area contributed by atoms with E-state index in [1.54, 1.807) is 30.8 Å². The van der Waals surface area contributed by atoms with Crippen LogP contribution in [0.5, 0.6) is 0 Å². The first-order valence-corrected chi connectivity index (χ1v) is 5.05. The molecule has 0 fully saturated rings. The molecule has 0 amide bonds. The molecule has 1 aromatic carbocycles. The Bertz CT molecular complexity index is 524. The number of aryl methyl sites for hydroxylation is 3. The Hall–Kier alpha value is -1.84. The van der Waals surface area contributed by atoms with E-state index in [0.717, 1.165) is 16.8 Å². The van der Waals surface area contributed by atoms with E-state index in [-0.39, 0.29) is 5.82 Å². The highest BCUT2D eigenvalue weighted by Gasteiger charge is 2.10. The summed E-state index contributed by atoms with van der Waals surface area (Å²) < 4.78 is 14.9. The predicted octanol–water partition coefficient (Wildman–Crippen LogP) is 2.43. The molecule has 2 rings (SSSR count). The zero-order valence-corrected chi connectivity index (χ0v) is 9.58. The lowest BCUT2D eigenvalue weighted by atomic mass is 10.0. The van der Waals surface area contributed by atoms with Crippen molar-refractivity contribution in [3.05, 3.63) is 35.1 Å². The number of hydrogen-bond donors (Lipinski definition) is 1. The third kappa shape index (κ3) is 1.66. The Morgan fingerprint density at radius 1 is 1.19 bits per heavy atom. The van der Waals surface area contributed by atoms with Gasteiger partial charge in [-0.2, -0.15) is 5.10 Å². The van der Waals surface area contributed by atoms with E-state index >= 15 is 0 Å². The van der Waals surface area contributed by atoms with Crippen LogP contribution in [-0.2, 0) is 7.05 Å². The molecule has 16 heavy (non-hydrogen) atoms. The summed E-state index contributed by atoms with van der Waals surface area (Å²) in [6.07, 6.45) is 0. The van der Waals surface area contributed by atoms with Gasteiger partial charge in [-0.15, -0.1) is 0 Å². The smallest absolute Gasteiger partial charge is 0.126 e. The van der Waals surface area contributed by atoms with Gasteiger partial charge in [-0.1, -0.05) is 0 Å². The monoisotopic (exact) mass is 219 g/mol. The van der Waals surface area contributed by atoms with Gasteiger partial charge in [0.05, 0.1) is 5.69 Å². The van der Waals surface area contributed by atoms with Gasteiger partial charge >= 0.3 is 0 Å². The maximum Gasteiger partial charge on any atom is 0.126 e. The second-order valence-corrected chi connectivity index (χ2v) is 3.99. The van der Waals surface area contributed by atoms with Gasteiger partial charge in [-0.25, -0.2) is 4.39 Å². The Labute approximate surface area is 93.7 Å². The van der Waals surface area contributed by atoms with Crippen molar-refractivity contribution in [1.82, 2.24) is 9.78 Å². The summed E-state index contributed by atoms with van der Waals surface area (Å²) in [5.74, 6) is 0.404. The van der Waals surface area contributed by atoms with Crippen molar-refractivity contribution in [2.24, 2.45) is 7.05 Å². The Morgan fingerprint density at radius 3 is 2.44 bits per heavy atom. The zero-order valence-electron chi connectivity index (χ0n) is 9.58. The number of nitrogen functional groups attached to an aromatic ring is 1. The van der Waals surface area contributed by atoms with Crippen LogP contribution in [-0.4, -0.2) is 9.78 Å². The summed E-state index contributed by atoms with van der Waals surface area (Å²) in [7, 11) is 1.78. The predicted molar refractivity (Wildman–Crippen MR) is 62.5 cm³/mol. The SMILES string of the molecule is Cc1cc(-c2cc(N)n(C)n2)c(C)cc1F. The molecule has 0 radical (unpaired) electrons. The lowest BCUT2D eigenvalue weighted by Gasteiger charge is -2.05. The van der Waals surface area contributed by atoms with E-state index in [9.17, 15) is 4.39 Å². The molecule has 1 heterocycles. The summed E-state index contributed by atoms with van der Waals surface area (Å²) in [6.45, 7) is 3.60. The van der Waals surface area contributed by atoms with Gasteiger partial charge in [-0.3, -0.25) is 4.68 Å². The number of benzene rings is 1. The quantitative estimate of drug-likeness (QED) is 0.800. The van der Waals surface area contributed by atoms with Gasteiger partial charge in [0.15, 0.2) is 0 Å². The first-order valence-electron chi connectivity index (χ1n) is 5.05. The highest BCUT2D eigenvalue weighted by atomic mass is 19.1. The molecule has 0 atom stereocenters. The fourth-order valence-corrected chi connectivity index (χ4v) is 1.67. The van der Waals surface area contributed by atoms with E-state index in [1.165, 1.54) is 6.07 Å². The number of nitrogens with two attached hydrogens (primary N) is 1. The fraction of sp³-hybridized carbons (Fsp3) is 0.250. The summed E-state index contributed by atoms with van der Waals surface area (Å²) >= 11 is 0. The minimum absolute atomic E-state index is 0.190. The number of aromatic nitrogens is 2. The van der Waals surface area contributed by atoms with Crippen molar-refractivity contribution >= 4 is 5.82 Å². The average molecular weight is 219 g/mol. The highest BCUT2D eigenvalue weighted by Crippen LogP contribution is 2.26. The van der Waals surface area contributed by atoms with Gasteiger partial charge in [-0.05, 0) is 37.1 Å². The van der Waals surface area contributed by atoms with Crippen molar-refractivity contribution in [3.8, 4) is 11.3 Å². The molecule has 84 valence electrons. The number of halogens is 1. The number of anilines is 1. The minimum atomic E-state index is -0.190. The van der Waals surface area contributed by atoms with Crippen LogP contribution in [0.1, 0.15) is 11.1 Å². The van der Waals surface area contributed by atoms with Crippen LogP contribution in [0.25, 0.3) is 11.3 Å². The summed E-state index contributed by atoms with van der Waals surface area (Å²) in [6, 6.07) is 5.11. The van der Waals surface area contributed by atoms with Crippen molar-refractivity contribution in [2.45, 2.75) is 13.8 Å². The normalized spacial score (nSPS) is 10.8. The van der Waals surface area contributed by atoms with Gasteiger partial charge in [0.1, 0.15) is 11.6 Å². The molecule has 0 unspecified atom stereocenters. The standard InChI is InChI=1S/C12H14FN3/c1-7-5-10(13)8(2)4-9(7)11-6-12(14)16(3)15-11/h4-6H,14H2,1-3H3. The summed E-state index contributed by atoms with van der Waals surface area (Å²) in [5.41, 5.74) is 8.90. The Kier molecular flexibility index (Phi) is 2.42. The van der Waals surface area contributed by atoms with Gasteiger partial charge in [0.2, 0.25) is 0 Å². The van der Waals surface area contributed by atoms with Crippen LogP contribution >= 0.6 is 0 Å². The van der Waals surface area contributed by atoms with Crippen LogP contribution in [0, 0.1) is 19.7 Å². The molecule has 3 nitrogen and oxygen atoms in total. The van der Waals surface area contributed by atoms with E-state index in [1.807, 2.05) is 6.92 Å². The topological polar surface area (TPSA) is 43.8 Å². The lowest BCUT2D eigenvalue weighted by Crippen LogP contribution is -1.96. The molecule has 0 aliphatic heterocycles. The maximum absolute atomic E-state index is 13.3. The fourth-order valence-electron chi connectivity index (χ4n) is 1.67. The second kappa shape index (κ2) is 3.63. The van der Waals surface area contributed by atoms with E-state index in [4.69, 9.17) is 5.73 Å². The largest absolute Gasteiger partial charge is 0.384 e. The lowest BCUT2D eigenvalue weighted by molar-refractivity contribution is 0.617. The number of hydrogen-bond acceptors (Lipinski definition) is 2. The van der Waals surface area contributed by atoms with Crippen LogP contribution < -0.4 is 5.73 Å². The average Bonchev–Trinajstić information content (AvgIpc) is 2.53. The highest BCUT2D eigenvalue weighted by molar-refractivity contribution is 5.66. The number of nitrogens with zero attached hydrogens (tertiary/aromatic N) is 2. The second-order valence-electron chi connectivity index (χ2n) is 3.99. The minimum Gasteiger partial charge on any atom is -0.384 e. The van der Waals surface area contributed by atoms with Crippen LogP contribution in [0.3, 0.4) is 0 Å². The maximum atomic E-state index is 13.3. The van der Waals surface area contributed by atoms with Crippen LogP contribution in [0.15, 0.2) is 18.2 Å². The molecular formula is C12H14FN3. The first kappa shape index (κ1) is 10.7. The van der Waals surface area contributed by atoms with Crippen molar-refractivity contribution < 1.29 is 4.39 Å². The summed E-state index contributed by atoms with van der Waals surface area (Å²) in [5, 5.41) is 4.28. The zero-order chi connectivity index (χ0) is 11.9. The third-order valence-corrected chi connectivity index (χ3v) is 2.70. The Balaban J connectivity index is 2.60. The van der Waals surface area contributed by atoms with E-state index < -0.39 is 0 Å². The molecule has 0 spiro atoms. The molecule has 0 saturated heterocycles. The van der Waals surface area contributed by atoms with Gasteiger partial charge in [0.25, 0.3) is 0 Å². The molecule has 0 saturated carbocycles. The van der Waals surface area contributed by atoms with Crippen LogP contribution in [0.4, 0.5) is 10.2 Å². The Morgan fingerprint density at radius 2 is 1.88 bits per heavy atom. The first-order chi connectivity index (χ1) is 7.49. The third-order valence-electron chi connectivity index (χ3n) is 2.70. The summed E-state index contributed by atoms with van der Waals surface area (Å²) in [4.78, 5) is 0. The number of rotatable bonds is 1. The van der Waals surface area contributed by atoms with Gasteiger partial charge < -0.3 is 5.73 Å². The molecule has 0 bridgehead atoms.